The highest BCUT2D eigenvalue weighted by molar-refractivity contribution is 5.70. The molecule has 0 aliphatic rings. The molecule has 0 bridgehead atoms. The summed E-state index contributed by atoms with van der Waals surface area (Å²) in [5, 5.41) is 8.88. The van der Waals surface area contributed by atoms with Gasteiger partial charge in [-0.25, -0.2) is 4.98 Å². The van der Waals surface area contributed by atoms with Gasteiger partial charge in [-0.1, -0.05) is 24.3 Å². The molecule has 18 heavy (non-hydrogen) atoms. The molecule has 5 nitrogen and oxygen atoms in total. The van der Waals surface area contributed by atoms with Crippen LogP contribution >= 0.6 is 0 Å². The Morgan fingerprint density at radius 2 is 2.06 bits per heavy atom. The summed E-state index contributed by atoms with van der Waals surface area (Å²) < 4.78 is 1.93. The predicted octanol–water partition coefficient (Wildman–Crippen LogP) is 1.02. The molecule has 1 aromatic carbocycles. The third kappa shape index (κ3) is 2.75. The first-order chi connectivity index (χ1) is 8.70. The van der Waals surface area contributed by atoms with Gasteiger partial charge in [-0.2, -0.15) is 0 Å². The van der Waals surface area contributed by atoms with Crippen LogP contribution < -0.4 is 5.73 Å². The summed E-state index contributed by atoms with van der Waals surface area (Å²) in [7, 11) is 0. The zero-order chi connectivity index (χ0) is 13.0. The maximum Gasteiger partial charge on any atom is 0.307 e. The van der Waals surface area contributed by atoms with E-state index in [2.05, 4.69) is 4.98 Å². The van der Waals surface area contributed by atoms with E-state index < -0.39 is 5.97 Å². The largest absolute Gasteiger partial charge is 0.481 e. The second-order valence-corrected chi connectivity index (χ2v) is 4.01. The van der Waals surface area contributed by atoms with Crippen molar-refractivity contribution in [2.45, 2.75) is 19.5 Å². The molecule has 0 saturated heterocycles. The smallest absolute Gasteiger partial charge is 0.307 e. The van der Waals surface area contributed by atoms with Crippen molar-refractivity contribution in [3.63, 3.8) is 0 Å². The van der Waals surface area contributed by atoms with Gasteiger partial charge in [0.2, 0.25) is 0 Å². The van der Waals surface area contributed by atoms with Crippen LogP contribution in [0, 0.1) is 0 Å². The number of hydrogen-bond acceptors (Lipinski definition) is 3. The first-order valence-corrected chi connectivity index (χ1v) is 5.69. The predicted molar refractivity (Wildman–Crippen MR) is 67.0 cm³/mol. The number of aliphatic carboxylic acids is 1. The average Bonchev–Trinajstić information content (AvgIpc) is 2.78. The van der Waals surface area contributed by atoms with Crippen LogP contribution in [0.25, 0.3) is 0 Å². The van der Waals surface area contributed by atoms with Crippen LogP contribution in [-0.4, -0.2) is 20.6 Å². The minimum atomic E-state index is -0.827. The number of carbonyl (C=O) groups is 1. The van der Waals surface area contributed by atoms with Crippen LogP contribution in [0.4, 0.5) is 0 Å². The van der Waals surface area contributed by atoms with Crippen molar-refractivity contribution >= 4 is 5.97 Å². The van der Waals surface area contributed by atoms with E-state index in [-0.39, 0.29) is 6.42 Å². The lowest BCUT2D eigenvalue weighted by Crippen LogP contribution is -2.11. The molecule has 0 unspecified atom stereocenters. The van der Waals surface area contributed by atoms with E-state index in [1.807, 2.05) is 35.0 Å². The molecule has 1 heterocycles. The number of benzene rings is 1. The second kappa shape index (κ2) is 5.46. The first kappa shape index (κ1) is 12.3. The zero-order valence-corrected chi connectivity index (χ0v) is 9.91. The van der Waals surface area contributed by atoms with Gasteiger partial charge in [0, 0.05) is 18.9 Å². The maximum atomic E-state index is 10.8. The Hall–Kier alpha value is -2.14. The molecule has 0 saturated carbocycles. The van der Waals surface area contributed by atoms with Crippen LogP contribution in [0.2, 0.25) is 0 Å². The van der Waals surface area contributed by atoms with Crippen LogP contribution in [0.5, 0.6) is 0 Å². The highest BCUT2D eigenvalue weighted by Gasteiger charge is 2.08. The number of carboxylic acid groups (broad SMARTS) is 1. The fraction of sp³-hybridized carbons (Fsp3) is 0.231. The number of nitrogens with two attached hydrogens (primary N) is 1. The standard InChI is InChI=1S/C13H15N3O2/c14-8-12-15-5-6-16(12)9-11-4-2-1-3-10(11)7-13(17)18/h1-6H,7-9,14H2,(H,17,18). The van der Waals surface area contributed by atoms with E-state index in [4.69, 9.17) is 10.8 Å². The number of aromatic nitrogens is 2. The van der Waals surface area contributed by atoms with Crippen LogP contribution in [0.3, 0.4) is 0 Å². The summed E-state index contributed by atoms with van der Waals surface area (Å²) in [5.41, 5.74) is 7.39. The summed E-state index contributed by atoms with van der Waals surface area (Å²) in [6, 6.07) is 7.51. The summed E-state index contributed by atoms with van der Waals surface area (Å²) >= 11 is 0. The molecular weight excluding hydrogens is 230 g/mol. The van der Waals surface area contributed by atoms with Gasteiger partial charge in [-0.05, 0) is 11.1 Å². The van der Waals surface area contributed by atoms with Crippen molar-refractivity contribution in [3.8, 4) is 0 Å². The quantitative estimate of drug-likeness (QED) is 0.824. The lowest BCUT2D eigenvalue weighted by atomic mass is 10.0. The van der Waals surface area contributed by atoms with Gasteiger partial charge in [0.05, 0.1) is 13.0 Å². The highest BCUT2D eigenvalue weighted by atomic mass is 16.4. The van der Waals surface area contributed by atoms with Crippen molar-refractivity contribution in [1.82, 2.24) is 9.55 Å². The molecule has 0 aliphatic heterocycles. The Bertz CT molecular complexity index is 549. The molecule has 0 atom stereocenters. The van der Waals surface area contributed by atoms with Gasteiger partial charge >= 0.3 is 5.97 Å². The molecular formula is C13H15N3O2. The summed E-state index contributed by atoms with van der Waals surface area (Å²) in [6.07, 6.45) is 3.57. The normalized spacial score (nSPS) is 10.5. The molecule has 0 radical (unpaired) electrons. The van der Waals surface area contributed by atoms with Crippen molar-refractivity contribution < 1.29 is 9.90 Å². The SMILES string of the molecule is NCc1nccn1Cc1ccccc1CC(=O)O. The Morgan fingerprint density at radius 3 is 2.72 bits per heavy atom. The van der Waals surface area contributed by atoms with Crippen molar-refractivity contribution in [2.75, 3.05) is 0 Å². The highest BCUT2D eigenvalue weighted by Crippen LogP contribution is 2.12. The van der Waals surface area contributed by atoms with Crippen LogP contribution in [0.15, 0.2) is 36.7 Å². The average molecular weight is 245 g/mol. The number of carboxylic acids is 1. The van der Waals surface area contributed by atoms with Gasteiger partial charge in [0.1, 0.15) is 5.82 Å². The summed E-state index contributed by atoms with van der Waals surface area (Å²) in [4.78, 5) is 15.0. The van der Waals surface area contributed by atoms with E-state index in [1.165, 1.54) is 0 Å². The first-order valence-electron chi connectivity index (χ1n) is 5.69. The van der Waals surface area contributed by atoms with Gasteiger partial charge in [-0.3, -0.25) is 4.79 Å². The Balaban J connectivity index is 2.26. The van der Waals surface area contributed by atoms with E-state index in [0.717, 1.165) is 17.0 Å². The van der Waals surface area contributed by atoms with Gasteiger partial charge in [0.15, 0.2) is 0 Å². The number of hydrogen-bond donors (Lipinski definition) is 2. The lowest BCUT2D eigenvalue weighted by molar-refractivity contribution is -0.136. The molecule has 0 spiro atoms. The second-order valence-electron chi connectivity index (χ2n) is 4.01. The maximum absolute atomic E-state index is 10.8. The fourth-order valence-corrected chi connectivity index (χ4v) is 1.90. The summed E-state index contributed by atoms with van der Waals surface area (Å²) in [5.74, 6) is -0.0349. The number of imidazole rings is 1. The molecule has 94 valence electrons. The van der Waals surface area contributed by atoms with E-state index in [0.29, 0.717) is 13.1 Å². The van der Waals surface area contributed by atoms with Crippen LogP contribution in [0.1, 0.15) is 17.0 Å². The third-order valence-corrected chi connectivity index (χ3v) is 2.79. The molecule has 2 aromatic rings. The molecule has 0 aliphatic carbocycles. The Kier molecular flexibility index (Phi) is 3.74. The van der Waals surface area contributed by atoms with E-state index >= 15 is 0 Å². The van der Waals surface area contributed by atoms with E-state index in [9.17, 15) is 4.79 Å². The zero-order valence-electron chi connectivity index (χ0n) is 9.91. The minimum Gasteiger partial charge on any atom is -0.481 e. The van der Waals surface area contributed by atoms with Crippen LogP contribution in [-0.2, 0) is 24.3 Å². The Labute approximate surface area is 105 Å². The molecule has 3 N–H and O–H groups in total. The number of rotatable bonds is 5. The third-order valence-electron chi connectivity index (χ3n) is 2.79. The molecule has 1 aromatic heterocycles. The van der Waals surface area contributed by atoms with Crippen molar-refractivity contribution in [2.24, 2.45) is 5.73 Å². The van der Waals surface area contributed by atoms with E-state index in [1.54, 1.807) is 6.20 Å². The molecule has 0 fully saturated rings. The summed E-state index contributed by atoms with van der Waals surface area (Å²) in [6.45, 7) is 0.962. The van der Waals surface area contributed by atoms with Gasteiger partial charge < -0.3 is 15.4 Å². The molecule has 0 amide bonds. The van der Waals surface area contributed by atoms with Gasteiger partial charge in [0.25, 0.3) is 0 Å². The molecule has 2 rings (SSSR count). The van der Waals surface area contributed by atoms with Crippen molar-refractivity contribution in [3.05, 3.63) is 53.6 Å². The van der Waals surface area contributed by atoms with Crippen molar-refractivity contribution in [1.29, 1.82) is 0 Å². The van der Waals surface area contributed by atoms with Gasteiger partial charge in [-0.15, -0.1) is 0 Å². The number of nitrogens with zero attached hydrogens (tertiary/aromatic N) is 2. The molecule has 5 heteroatoms. The monoisotopic (exact) mass is 245 g/mol. The minimum absolute atomic E-state index is 0.0306. The lowest BCUT2D eigenvalue weighted by Gasteiger charge is -2.10. The fourth-order valence-electron chi connectivity index (χ4n) is 1.90. The Morgan fingerprint density at radius 1 is 1.33 bits per heavy atom. The topological polar surface area (TPSA) is 81.1 Å².